The van der Waals surface area contributed by atoms with Gasteiger partial charge in [-0.25, -0.2) is 0 Å². The largest absolute Gasteiger partial charge is 0.351 e. The van der Waals surface area contributed by atoms with Gasteiger partial charge in [-0.05, 0) is 42.2 Å². The quantitative estimate of drug-likeness (QED) is 0.842. The molecule has 2 atom stereocenters. The van der Waals surface area contributed by atoms with Crippen molar-refractivity contribution in [1.29, 1.82) is 0 Å². The van der Waals surface area contributed by atoms with Gasteiger partial charge in [-0.2, -0.15) is 0 Å². The van der Waals surface area contributed by atoms with Crippen LogP contribution in [0.5, 0.6) is 0 Å². The van der Waals surface area contributed by atoms with Crippen molar-refractivity contribution >= 4 is 28.8 Å². The van der Waals surface area contributed by atoms with Crippen LogP contribution in [0.2, 0.25) is 0 Å². The van der Waals surface area contributed by atoms with Gasteiger partial charge in [0.2, 0.25) is 5.91 Å². The minimum atomic E-state index is 0.0319. The van der Waals surface area contributed by atoms with Gasteiger partial charge in [-0.3, -0.25) is 4.79 Å². The number of fused-ring (bicyclic) bond motifs is 1. The summed E-state index contributed by atoms with van der Waals surface area (Å²) in [6.07, 6.45) is 3.20. The van der Waals surface area contributed by atoms with Gasteiger partial charge in [-0.1, -0.05) is 13.8 Å². The molecule has 0 aliphatic heterocycles. The second kappa shape index (κ2) is 6.07. The Bertz CT molecular complexity index is 416. The number of carbonyl (C=O) groups excluding carboxylic acids is 1. The fourth-order valence-electron chi connectivity index (χ4n) is 2.43. The Morgan fingerprint density at radius 1 is 1.61 bits per heavy atom. The first-order valence-electron chi connectivity index (χ1n) is 6.56. The summed E-state index contributed by atoms with van der Waals surface area (Å²) < 4.78 is 0. The van der Waals surface area contributed by atoms with E-state index in [0.29, 0.717) is 11.8 Å². The van der Waals surface area contributed by atoms with Crippen LogP contribution >= 0.6 is 22.9 Å². The third-order valence-electron chi connectivity index (χ3n) is 3.67. The lowest BCUT2D eigenvalue weighted by Crippen LogP contribution is -2.42. The second-order valence-electron chi connectivity index (χ2n) is 5.26. The van der Waals surface area contributed by atoms with Crippen LogP contribution in [0.3, 0.4) is 0 Å². The molecule has 4 heteroatoms. The van der Waals surface area contributed by atoms with Crippen molar-refractivity contribution in [2.45, 2.75) is 45.1 Å². The Morgan fingerprint density at radius 2 is 2.39 bits per heavy atom. The van der Waals surface area contributed by atoms with E-state index in [0.717, 1.165) is 19.3 Å². The predicted octanol–water partition coefficient (Wildman–Crippen LogP) is 3.55. The van der Waals surface area contributed by atoms with Crippen molar-refractivity contribution in [3.05, 3.63) is 21.9 Å². The van der Waals surface area contributed by atoms with Crippen LogP contribution in [0.25, 0.3) is 0 Å². The molecule has 1 aliphatic carbocycles. The summed E-state index contributed by atoms with van der Waals surface area (Å²) in [5, 5.41) is 5.20. The average Bonchev–Trinajstić information content (AvgIpc) is 2.82. The first-order valence-corrected chi connectivity index (χ1v) is 7.97. The summed E-state index contributed by atoms with van der Waals surface area (Å²) in [6, 6.07) is 2.18. The highest BCUT2D eigenvalue weighted by molar-refractivity contribution is 7.10. The lowest BCUT2D eigenvalue weighted by molar-refractivity contribution is -0.123. The van der Waals surface area contributed by atoms with Crippen LogP contribution in [-0.4, -0.2) is 17.8 Å². The van der Waals surface area contributed by atoms with Crippen molar-refractivity contribution in [1.82, 2.24) is 5.32 Å². The molecule has 0 saturated heterocycles. The van der Waals surface area contributed by atoms with E-state index in [9.17, 15) is 4.79 Å². The molecule has 18 heavy (non-hydrogen) atoms. The molecular weight excluding hydrogens is 266 g/mol. The maximum Gasteiger partial charge on any atom is 0.227 e. The number of nitrogens with one attached hydrogen (secondary N) is 1. The van der Waals surface area contributed by atoms with Gasteiger partial charge in [0.25, 0.3) is 0 Å². The molecule has 1 N–H and O–H groups in total. The van der Waals surface area contributed by atoms with E-state index in [1.165, 1.54) is 10.4 Å². The minimum absolute atomic E-state index is 0.0319. The first kappa shape index (κ1) is 13.9. The Balaban J connectivity index is 2.07. The van der Waals surface area contributed by atoms with Crippen LogP contribution in [-0.2, 0) is 11.2 Å². The van der Waals surface area contributed by atoms with Crippen molar-refractivity contribution in [3.63, 3.8) is 0 Å². The third-order valence-corrected chi connectivity index (χ3v) is 5.00. The normalized spacial score (nSPS) is 20.6. The van der Waals surface area contributed by atoms with Gasteiger partial charge < -0.3 is 5.32 Å². The number of amides is 1. The zero-order valence-corrected chi connectivity index (χ0v) is 12.5. The van der Waals surface area contributed by atoms with Crippen LogP contribution in [0.1, 0.15) is 43.0 Å². The summed E-state index contributed by atoms with van der Waals surface area (Å²) in [5.74, 6) is 1.03. The molecule has 1 amide bonds. The van der Waals surface area contributed by atoms with Crippen LogP contribution in [0.4, 0.5) is 0 Å². The lowest BCUT2D eigenvalue weighted by Gasteiger charge is -2.26. The fraction of sp³-hybridized carbons (Fsp3) is 0.643. The number of thiophene rings is 1. The predicted molar refractivity (Wildman–Crippen MR) is 77.5 cm³/mol. The van der Waals surface area contributed by atoms with Gasteiger partial charge in [0.15, 0.2) is 0 Å². The molecule has 0 aromatic carbocycles. The molecular formula is C14H20ClNOS. The van der Waals surface area contributed by atoms with Crippen LogP contribution < -0.4 is 5.32 Å². The molecule has 0 spiro atoms. The van der Waals surface area contributed by atoms with Crippen LogP contribution in [0, 0.1) is 5.92 Å². The summed E-state index contributed by atoms with van der Waals surface area (Å²) >= 11 is 7.68. The van der Waals surface area contributed by atoms with E-state index < -0.39 is 0 Å². The number of alkyl halides is 1. The molecule has 2 rings (SSSR count). The molecule has 1 aromatic rings. The molecule has 1 aromatic heterocycles. The van der Waals surface area contributed by atoms with Gasteiger partial charge >= 0.3 is 0 Å². The van der Waals surface area contributed by atoms with E-state index in [1.54, 1.807) is 11.3 Å². The van der Waals surface area contributed by atoms with Gasteiger partial charge in [-0.15, -0.1) is 22.9 Å². The Kier molecular flexibility index (Phi) is 4.68. The van der Waals surface area contributed by atoms with Crippen molar-refractivity contribution in [2.24, 2.45) is 5.92 Å². The van der Waals surface area contributed by atoms with E-state index in [2.05, 4.69) is 30.6 Å². The number of halogens is 1. The molecule has 1 aliphatic rings. The first-order chi connectivity index (χ1) is 8.63. The fourth-order valence-corrected chi connectivity index (χ4v) is 3.85. The smallest absolute Gasteiger partial charge is 0.227 e. The van der Waals surface area contributed by atoms with Gasteiger partial charge in [0, 0.05) is 16.8 Å². The maximum absolute atomic E-state index is 12.4. The Hall–Kier alpha value is -0.540. The zero-order valence-electron chi connectivity index (χ0n) is 10.9. The van der Waals surface area contributed by atoms with Crippen molar-refractivity contribution in [2.75, 3.05) is 5.88 Å². The summed E-state index contributed by atoms with van der Waals surface area (Å²) in [4.78, 5) is 13.8. The standard InChI is InChI=1S/C14H20ClNOS/c1-9(2)12(8-15)16-14(17)11-4-3-5-13-10(11)6-7-18-13/h6-7,9,11-12H,3-5,8H2,1-2H3,(H,16,17). The molecule has 1 heterocycles. The number of hydrogen-bond donors (Lipinski definition) is 1. The minimum Gasteiger partial charge on any atom is -0.351 e. The summed E-state index contributed by atoms with van der Waals surface area (Å²) in [7, 11) is 0. The maximum atomic E-state index is 12.4. The summed E-state index contributed by atoms with van der Waals surface area (Å²) in [6.45, 7) is 4.18. The van der Waals surface area contributed by atoms with Gasteiger partial charge in [0.1, 0.15) is 0 Å². The molecule has 0 fully saturated rings. The number of carbonyl (C=O) groups is 1. The highest BCUT2D eigenvalue weighted by Crippen LogP contribution is 2.35. The Morgan fingerprint density at radius 3 is 3.06 bits per heavy atom. The monoisotopic (exact) mass is 285 g/mol. The highest BCUT2D eigenvalue weighted by Gasteiger charge is 2.28. The van der Waals surface area contributed by atoms with Crippen molar-refractivity contribution in [3.8, 4) is 0 Å². The van der Waals surface area contributed by atoms with Crippen LogP contribution in [0.15, 0.2) is 11.4 Å². The molecule has 0 saturated carbocycles. The number of aryl methyl sites for hydroxylation is 1. The van der Waals surface area contributed by atoms with E-state index in [-0.39, 0.29) is 17.9 Å². The second-order valence-corrected chi connectivity index (χ2v) is 6.57. The molecule has 0 bridgehead atoms. The molecule has 0 radical (unpaired) electrons. The topological polar surface area (TPSA) is 29.1 Å². The molecule has 2 unspecified atom stereocenters. The zero-order chi connectivity index (χ0) is 13.1. The lowest BCUT2D eigenvalue weighted by atomic mass is 9.87. The SMILES string of the molecule is CC(C)C(CCl)NC(=O)C1CCCc2sccc21. The number of rotatable bonds is 4. The van der Waals surface area contributed by atoms with E-state index >= 15 is 0 Å². The van der Waals surface area contributed by atoms with Gasteiger partial charge in [0.05, 0.1) is 5.92 Å². The number of hydrogen-bond acceptors (Lipinski definition) is 2. The molecule has 100 valence electrons. The summed E-state index contributed by atoms with van der Waals surface area (Å²) in [5.41, 5.74) is 1.24. The molecule has 2 nitrogen and oxygen atoms in total. The van der Waals surface area contributed by atoms with E-state index in [1.807, 2.05) is 0 Å². The van der Waals surface area contributed by atoms with Crippen molar-refractivity contribution < 1.29 is 4.79 Å². The average molecular weight is 286 g/mol. The highest BCUT2D eigenvalue weighted by atomic mass is 35.5. The van der Waals surface area contributed by atoms with E-state index in [4.69, 9.17) is 11.6 Å². The Labute approximate surface area is 118 Å². The third kappa shape index (κ3) is 2.89.